The van der Waals surface area contributed by atoms with E-state index in [0.717, 1.165) is 36.4 Å². The molecule has 14 heavy (non-hydrogen) atoms. The molecule has 0 saturated carbocycles. The first-order valence-corrected chi connectivity index (χ1v) is 6.06. The summed E-state index contributed by atoms with van der Waals surface area (Å²) in [4.78, 5) is 0.929. The van der Waals surface area contributed by atoms with Crippen LogP contribution in [0.15, 0.2) is 11.4 Å². The fourth-order valence-corrected chi connectivity index (χ4v) is 3.00. The van der Waals surface area contributed by atoms with Gasteiger partial charge < -0.3 is 5.32 Å². The Morgan fingerprint density at radius 2 is 2.50 bits per heavy atom. The van der Waals surface area contributed by atoms with Crippen LogP contribution in [0.3, 0.4) is 0 Å². The molecular formula is C11H16FNS. The molecular weight excluding hydrogens is 197 g/mol. The SMILES string of the molecule is Cc1ccsc1C(F)C1CCCNC1. The zero-order valence-electron chi connectivity index (χ0n) is 8.42. The number of alkyl halides is 1. The summed E-state index contributed by atoms with van der Waals surface area (Å²) >= 11 is 1.55. The summed E-state index contributed by atoms with van der Waals surface area (Å²) in [7, 11) is 0. The zero-order chi connectivity index (χ0) is 9.97. The maximum absolute atomic E-state index is 14.1. The molecule has 1 aliphatic rings. The number of thiophene rings is 1. The van der Waals surface area contributed by atoms with Gasteiger partial charge in [-0.1, -0.05) is 0 Å². The largest absolute Gasteiger partial charge is 0.316 e. The van der Waals surface area contributed by atoms with E-state index in [0.29, 0.717) is 0 Å². The zero-order valence-corrected chi connectivity index (χ0v) is 9.24. The third kappa shape index (κ3) is 1.98. The lowest BCUT2D eigenvalue weighted by Crippen LogP contribution is -2.32. The normalized spacial score (nSPS) is 24.9. The lowest BCUT2D eigenvalue weighted by molar-refractivity contribution is 0.197. The van der Waals surface area contributed by atoms with E-state index in [2.05, 4.69) is 5.32 Å². The minimum atomic E-state index is -0.761. The summed E-state index contributed by atoms with van der Waals surface area (Å²) in [5, 5.41) is 5.24. The van der Waals surface area contributed by atoms with Gasteiger partial charge in [0.1, 0.15) is 6.17 Å². The second-order valence-corrected chi connectivity index (χ2v) is 4.92. The van der Waals surface area contributed by atoms with Gasteiger partial charge in [-0.2, -0.15) is 0 Å². The van der Waals surface area contributed by atoms with Crippen molar-refractivity contribution < 1.29 is 4.39 Å². The van der Waals surface area contributed by atoms with Gasteiger partial charge in [0.25, 0.3) is 0 Å². The fourth-order valence-electron chi connectivity index (χ4n) is 2.01. The average Bonchev–Trinajstić information content (AvgIpc) is 2.65. The molecule has 2 atom stereocenters. The number of hydrogen-bond donors (Lipinski definition) is 1. The highest BCUT2D eigenvalue weighted by molar-refractivity contribution is 7.10. The highest BCUT2D eigenvalue weighted by Crippen LogP contribution is 2.35. The molecule has 78 valence electrons. The molecule has 1 aromatic rings. The van der Waals surface area contributed by atoms with Crippen molar-refractivity contribution in [3.63, 3.8) is 0 Å². The van der Waals surface area contributed by atoms with E-state index < -0.39 is 6.17 Å². The quantitative estimate of drug-likeness (QED) is 0.796. The van der Waals surface area contributed by atoms with Crippen LogP contribution in [0.2, 0.25) is 0 Å². The molecule has 3 heteroatoms. The lowest BCUT2D eigenvalue weighted by atomic mass is 9.93. The topological polar surface area (TPSA) is 12.0 Å². The van der Waals surface area contributed by atoms with Gasteiger partial charge in [-0.3, -0.25) is 0 Å². The van der Waals surface area contributed by atoms with E-state index in [4.69, 9.17) is 0 Å². The van der Waals surface area contributed by atoms with E-state index in [1.165, 1.54) is 0 Å². The van der Waals surface area contributed by atoms with Gasteiger partial charge in [-0.15, -0.1) is 11.3 Å². The van der Waals surface area contributed by atoms with Crippen molar-refractivity contribution in [1.29, 1.82) is 0 Å². The first-order valence-electron chi connectivity index (χ1n) is 5.18. The number of piperidine rings is 1. The number of rotatable bonds is 2. The maximum Gasteiger partial charge on any atom is 0.138 e. The van der Waals surface area contributed by atoms with Crippen LogP contribution in [0.4, 0.5) is 4.39 Å². The van der Waals surface area contributed by atoms with Gasteiger partial charge in [0, 0.05) is 17.3 Å². The fraction of sp³-hybridized carbons (Fsp3) is 0.636. The average molecular weight is 213 g/mol. The number of hydrogen-bond acceptors (Lipinski definition) is 2. The van der Waals surface area contributed by atoms with Crippen molar-refractivity contribution in [2.24, 2.45) is 5.92 Å². The number of aryl methyl sites for hydroxylation is 1. The van der Waals surface area contributed by atoms with Crippen LogP contribution in [0, 0.1) is 12.8 Å². The molecule has 1 aromatic heterocycles. The Balaban J connectivity index is 2.07. The highest BCUT2D eigenvalue weighted by atomic mass is 32.1. The molecule has 1 aliphatic heterocycles. The second-order valence-electron chi connectivity index (χ2n) is 3.98. The Labute approximate surface area is 88.3 Å². The Morgan fingerprint density at radius 1 is 1.64 bits per heavy atom. The minimum absolute atomic E-state index is 0.182. The molecule has 1 saturated heterocycles. The van der Waals surface area contributed by atoms with Crippen molar-refractivity contribution in [1.82, 2.24) is 5.32 Å². The summed E-state index contributed by atoms with van der Waals surface area (Å²) in [5.74, 6) is 0.182. The van der Waals surface area contributed by atoms with Gasteiger partial charge in [0.15, 0.2) is 0 Å². The lowest BCUT2D eigenvalue weighted by Gasteiger charge is -2.25. The molecule has 2 rings (SSSR count). The van der Waals surface area contributed by atoms with Crippen LogP contribution in [-0.2, 0) is 0 Å². The van der Waals surface area contributed by atoms with E-state index in [-0.39, 0.29) is 5.92 Å². The van der Waals surface area contributed by atoms with Crippen LogP contribution < -0.4 is 5.32 Å². The highest BCUT2D eigenvalue weighted by Gasteiger charge is 2.26. The predicted octanol–water partition coefficient (Wildman–Crippen LogP) is 3.07. The van der Waals surface area contributed by atoms with E-state index in [1.807, 2.05) is 18.4 Å². The molecule has 0 spiro atoms. The van der Waals surface area contributed by atoms with Crippen molar-refractivity contribution in [2.45, 2.75) is 25.9 Å². The van der Waals surface area contributed by atoms with Crippen LogP contribution in [0.5, 0.6) is 0 Å². The van der Waals surface area contributed by atoms with Gasteiger partial charge >= 0.3 is 0 Å². The molecule has 2 unspecified atom stereocenters. The third-order valence-electron chi connectivity index (χ3n) is 2.90. The van der Waals surface area contributed by atoms with Crippen LogP contribution >= 0.6 is 11.3 Å². The molecule has 0 aromatic carbocycles. The van der Waals surface area contributed by atoms with Gasteiger partial charge in [0.2, 0.25) is 0 Å². The summed E-state index contributed by atoms with van der Waals surface area (Å²) in [6.07, 6.45) is 1.36. The predicted molar refractivity (Wildman–Crippen MR) is 58.5 cm³/mol. The molecule has 2 heterocycles. The number of nitrogens with one attached hydrogen (secondary N) is 1. The standard InChI is InChI=1S/C11H16FNS/c1-8-4-6-14-11(8)10(12)9-3-2-5-13-7-9/h4,6,9-10,13H,2-3,5,7H2,1H3. The van der Waals surface area contributed by atoms with E-state index in [1.54, 1.807) is 11.3 Å². The van der Waals surface area contributed by atoms with E-state index >= 15 is 0 Å². The van der Waals surface area contributed by atoms with Crippen LogP contribution in [0.1, 0.15) is 29.5 Å². The number of halogens is 1. The van der Waals surface area contributed by atoms with Gasteiger partial charge in [-0.25, -0.2) is 4.39 Å². The summed E-state index contributed by atoms with van der Waals surface area (Å²) in [6.45, 7) is 3.87. The molecule has 0 aliphatic carbocycles. The van der Waals surface area contributed by atoms with Crippen LogP contribution in [-0.4, -0.2) is 13.1 Å². The molecule has 0 radical (unpaired) electrons. The van der Waals surface area contributed by atoms with Gasteiger partial charge in [-0.05, 0) is 43.3 Å². The Morgan fingerprint density at radius 3 is 3.07 bits per heavy atom. The first kappa shape index (κ1) is 10.1. The maximum atomic E-state index is 14.1. The van der Waals surface area contributed by atoms with Crippen LogP contribution in [0.25, 0.3) is 0 Å². The molecule has 1 N–H and O–H groups in total. The third-order valence-corrected chi connectivity index (χ3v) is 3.97. The summed E-state index contributed by atoms with van der Waals surface area (Å²) in [6, 6.07) is 2.00. The summed E-state index contributed by atoms with van der Waals surface area (Å²) < 4.78 is 14.1. The molecule has 1 nitrogen and oxygen atoms in total. The summed E-state index contributed by atoms with van der Waals surface area (Å²) in [5.41, 5.74) is 1.10. The smallest absolute Gasteiger partial charge is 0.138 e. The molecule has 0 amide bonds. The van der Waals surface area contributed by atoms with Crippen molar-refractivity contribution in [3.8, 4) is 0 Å². The first-order chi connectivity index (χ1) is 6.79. The van der Waals surface area contributed by atoms with Gasteiger partial charge in [0.05, 0.1) is 0 Å². The molecule has 1 fully saturated rings. The monoisotopic (exact) mass is 213 g/mol. The van der Waals surface area contributed by atoms with E-state index in [9.17, 15) is 4.39 Å². The Bertz CT molecular complexity index is 291. The minimum Gasteiger partial charge on any atom is -0.316 e. The second kappa shape index (κ2) is 4.41. The van der Waals surface area contributed by atoms with Crippen molar-refractivity contribution >= 4 is 11.3 Å². The van der Waals surface area contributed by atoms with Crippen molar-refractivity contribution in [2.75, 3.05) is 13.1 Å². The molecule has 0 bridgehead atoms. The van der Waals surface area contributed by atoms with Crippen molar-refractivity contribution in [3.05, 3.63) is 21.9 Å². The Hall–Kier alpha value is -0.410. The Kier molecular flexibility index (Phi) is 3.19.